The molecule has 1 fully saturated rings. The molecule has 3 atom stereocenters. The Labute approximate surface area is 264 Å². The van der Waals surface area contributed by atoms with Crippen molar-refractivity contribution in [2.45, 2.75) is 29.1 Å². The van der Waals surface area contributed by atoms with Gasteiger partial charge in [0.15, 0.2) is 12.4 Å². The number of amides is 2. The Morgan fingerprint density at radius 2 is 1.18 bits per heavy atom. The van der Waals surface area contributed by atoms with E-state index in [1.165, 1.54) is 0 Å². The molecule has 0 spiro atoms. The SMILES string of the molecule is Cc1ccc(C(=O)COC(=O)[C@H](Cc2ccccc2)N2C(=O)[C@@H]3[C@H](C2=O)C2(Cl)c4ccccc4C3(Cl)c3ccccc32)cc1. The van der Waals surface area contributed by atoms with Crippen molar-refractivity contribution in [2.24, 2.45) is 11.8 Å². The van der Waals surface area contributed by atoms with Crippen molar-refractivity contribution in [1.29, 1.82) is 0 Å². The number of hydrogen-bond acceptors (Lipinski definition) is 5. The highest BCUT2D eigenvalue weighted by Crippen LogP contribution is 2.69. The summed E-state index contributed by atoms with van der Waals surface area (Å²) < 4.78 is 5.53. The van der Waals surface area contributed by atoms with E-state index in [4.69, 9.17) is 27.9 Å². The molecule has 0 saturated carbocycles. The summed E-state index contributed by atoms with van der Waals surface area (Å²) in [6, 6.07) is 29.4. The average Bonchev–Trinajstić information content (AvgIpc) is 3.32. The van der Waals surface area contributed by atoms with Crippen LogP contribution in [-0.4, -0.2) is 41.1 Å². The molecular weight excluding hydrogens is 597 g/mol. The van der Waals surface area contributed by atoms with E-state index in [-0.39, 0.29) is 6.42 Å². The van der Waals surface area contributed by atoms with Crippen LogP contribution >= 0.6 is 23.2 Å². The highest BCUT2D eigenvalue weighted by molar-refractivity contribution is 6.36. The molecule has 0 N–H and O–H groups in total. The minimum atomic E-state index is -1.38. The smallest absolute Gasteiger partial charge is 0.330 e. The van der Waals surface area contributed by atoms with Gasteiger partial charge in [-0.05, 0) is 34.7 Å². The standard InChI is InChI=1S/C36H27Cl2NO5/c1-21-15-17-23(18-16-21)29(40)20-44-34(43)28(19-22-9-3-2-4-10-22)39-32(41)30-31(33(39)42)36(38)25-12-6-5-11-24(25)35(30,37)26-13-7-8-14-27(26)36/h2-18,28,30-31H,19-20H2,1H3/t28-,30-,31+,35?,36?/m0/s1. The monoisotopic (exact) mass is 623 g/mol. The van der Waals surface area contributed by atoms with Gasteiger partial charge in [-0.15, -0.1) is 23.2 Å². The quantitative estimate of drug-likeness (QED) is 0.110. The molecule has 3 aliphatic carbocycles. The van der Waals surface area contributed by atoms with E-state index in [2.05, 4.69) is 0 Å². The Bertz CT molecular complexity index is 1720. The van der Waals surface area contributed by atoms with Gasteiger partial charge in [0, 0.05) is 12.0 Å². The maximum Gasteiger partial charge on any atom is 0.330 e. The zero-order valence-electron chi connectivity index (χ0n) is 23.7. The van der Waals surface area contributed by atoms with Gasteiger partial charge in [-0.1, -0.05) is 109 Å². The van der Waals surface area contributed by atoms with Gasteiger partial charge in [-0.2, -0.15) is 0 Å². The summed E-state index contributed by atoms with van der Waals surface area (Å²) in [6.45, 7) is 1.37. The predicted octanol–water partition coefficient (Wildman–Crippen LogP) is 5.93. The van der Waals surface area contributed by atoms with E-state index in [0.717, 1.165) is 10.5 Å². The Morgan fingerprint density at radius 1 is 0.727 bits per heavy atom. The Kier molecular flexibility index (Phi) is 6.76. The van der Waals surface area contributed by atoms with Crippen LogP contribution in [0.15, 0.2) is 103 Å². The maximum absolute atomic E-state index is 14.5. The number of ether oxygens (including phenoxy) is 1. The van der Waals surface area contributed by atoms with Crippen LogP contribution in [-0.2, 0) is 35.3 Å². The molecule has 2 bridgehead atoms. The first-order valence-corrected chi connectivity index (χ1v) is 15.2. The van der Waals surface area contributed by atoms with E-state index in [1.54, 1.807) is 48.5 Å². The summed E-state index contributed by atoms with van der Waals surface area (Å²) in [5.74, 6) is -4.55. The van der Waals surface area contributed by atoms with Gasteiger partial charge >= 0.3 is 5.97 Å². The van der Waals surface area contributed by atoms with Crippen LogP contribution in [0.4, 0.5) is 0 Å². The topological polar surface area (TPSA) is 80.8 Å². The first kappa shape index (κ1) is 28.5. The van der Waals surface area contributed by atoms with Crippen LogP contribution in [0, 0.1) is 18.8 Å². The molecule has 8 heteroatoms. The second kappa shape index (κ2) is 10.4. The number of hydrogen-bond donors (Lipinski definition) is 0. The first-order valence-electron chi connectivity index (χ1n) is 14.4. The van der Waals surface area contributed by atoms with Crippen LogP contribution in [0.2, 0.25) is 0 Å². The molecule has 2 amide bonds. The molecule has 4 aromatic carbocycles. The third-order valence-corrected chi connectivity index (χ3v) is 10.5. The molecule has 4 aromatic rings. The van der Waals surface area contributed by atoms with Gasteiger partial charge < -0.3 is 4.74 Å². The number of halogens is 2. The minimum absolute atomic E-state index is 0.000215. The van der Waals surface area contributed by atoms with E-state index >= 15 is 0 Å². The first-order chi connectivity index (χ1) is 21.2. The van der Waals surface area contributed by atoms with E-state index < -0.39 is 57.8 Å². The Balaban J connectivity index is 1.28. The second-order valence-electron chi connectivity index (χ2n) is 11.6. The van der Waals surface area contributed by atoms with Gasteiger partial charge in [0.1, 0.15) is 15.8 Å². The van der Waals surface area contributed by atoms with Crippen molar-refractivity contribution >= 4 is 46.8 Å². The van der Waals surface area contributed by atoms with Gasteiger partial charge in [0.05, 0.1) is 11.8 Å². The lowest BCUT2D eigenvalue weighted by Gasteiger charge is -2.54. The second-order valence-corrected chi connectivity index (χ2v) is 12.8. The number of Topliss-reactive ketones (excluding diaryl/α,β-unsaturated/α-hetero) is 1. The molecule has 0 aromatic heterocycles. The number of imide groups is 1. The number of alkyl halides is 2. The Morgan fingerprint density at radius 3 is 1.66 bits per heavy atom. The molecule has 44 heavy (non-hydrogen) atoms. The van der Waals surface area contributed by atoms with Crippen LogP contribution in [0.5, 0.6) is 0 Å². The van der Waals surface area contributed by atoms with E-state index in [1.807, 2.05) is 61.5 Å². The van der Waals surface area contributed by atoms with Crippen molar-refractivity contribution < 1.29 is 23.9 Å². The highest BCUT2D eigenvalue weighted by Gasteiger charge is 2.73. The normalized spacial score (nSPS) is 25.2. The number of benzene rings is 4. The number of nitrogens with zero attached hydrogens (tertiary/aromatic N) is 1. The Hall–Kier alpha value is -4.26. The van der Waals surface area contributed by atoms with Gasteiger partial charge in [0.2, 0.25) is 11.8 Å². The third kappa shape index (κ3) is 4.01. The largest absolute Gasteiger partial charge is 0.456 e. The summed E-state index contributed by atoms with van der Waals surface area (Å²) >= 11 is 15.1. The number of aryl methyl sites for hydroxylation is 1. The van der Waals surface area contributed by atoms with E-state index in [9.17, 15) is 19.2 Å². The third-order valence-electron chi connectivity index (χ3n) is 9.19. The fraction of sp³-hybridized carbons (Fsp3) is 0.222. The maximum atomic E-state index is 14.5. The lowest BCUT2D eigenvalue weighted by molar-refractivity contribution is -0.158. The molecule has 1 aliphatic heterocycles. The lowest BCUT2D eigenvalue weighted by Crippen LogP contribution is -2.57. The summed E-state index contributed by atoms with van der Waals surface area (Å²) in [5, 5.41) is 0. The van der Waals surface area contributed by atoms with Crippen molar-refractivity contribution in [3.8, 4) is 0 Å². The predicted molar refractivity (Wildman–Crippen MR) is 165 cm³/mol. The molecule has 8 rings (SSSR count). The fourth-order valence-corrected chi connectivity index (χ4v) is 8.27. The molecule has 0 unspecified atom stereocenters. The lowest BCUT2D eigenvalue weighted by atomic mass is 9.54. The van der Waals surface area contributed by atoms with Crippen molar-refractivity contribution in [2.75, 3.05) is 6.61 Å². The molecular formula is C36H27Cl2NO5. The molecule has 6 nitrogen and oxygen atoms in total. The number of carbonyl (C=O) groups excluding carboxylic acids is 4. The molecule has 1 heterocycles. The number of likely N-dealkylation sites (tertiary alicyclic amines) is 1. The average molecular weight is 625 g/mol. The van der Waals surface area contributed by atoms with Crippen LogP contribution in [0.25, 0.3) is 0 Å². The number of ketones is 1. The zero-order chi connectivity index (χ0) is 30.8. The zero-order valence-corrected chi connectivity index (χ0v) is 25.2. The van der Waals surface area contributed by atoms with Crippen molar-refractivity contribution in [1.82, 2.24) is 4.90 Å². The van der Waals surface area contributed by atoms with Crippen LogP contribution in [0.3, 0.4) is 0 Å². The summed E-state index contributed by atoms with van der Waals surface area (Å²) in [7, 11) is 0. The van der Waals surface area contributed by atoms with E-state index in [0.29, 0.717) is 33.4 Å². The number of esters is 1. The fourth-order valence-electron chi connectivity index (χ4n) is 7.17. The summed E-state index contributed by atoms with van der Waals surface area (Å²) in [4.78, 5) is 54.0. The van der Waals surface area contributed by atoms with Gasteiger partial charge in [0.25, 0.3) is 0 Å². The summed E-state index contributed by atoms with van der Waals surface area (Å²) in [5.41, 5.74) is 4.78. The molecule has 0 radical (unpaired) electrons. The molecule has 220 valence electrons. The number of rotatable bonds is 7. The highest BCUT2D eigenvalue weighted by atomic mass is 35.5. The number of carbonyl (C=O) groups is 4. The summed E-state index contributed by atoms with van der Waals surface area (Å²) in [6.07, 6.45) is -0.000215. The molecule has 4 aliphatic rings. The van der Waals surface area contributed by atoms with Crippen LogP contribution < -0.4 is 0 Å². The minimum Gasteiger partial charge on any atom is -0.456 e. The van der Waals surface area contributed by atoms with Gasteiger partial charge in [-0.3, -0.25) is 19.3 Å². The van der Waals surface area contributed by atoms with Gasteiger partial charge in [-0.25, -0.2) is 4.79 Å². The van der Waals surface area contributed by atoms with Crippen LogP contribution in [0.1, 0.15) is 43.7 Å². The van der Waals surface area contributed by atoms with Crippen molar-refractivity contribution in [3.63, 3.8) is 0 Å². The van der Waals surface area contributed by atoms with Crippen molar-refractivity contribution in [3.05, 3.63) is 142 Å². The molecule has 1 saturated heterocycles.